The molecule has 1 aliphatic carbocycles. The van der Waals surface area contributed by atoms with E-state index in [1.54, 1.807) is 0 Å². The average Bonchev–Trinajstić information content (AvgIpc) is 2.39. The van der Waals surface area contributed by atoms with Gasteiger partial charge in [0.05, 0.1) is 0 Å². The Morgan fingerprint density at radius 1 is 1.45 bits per heavy atom. The Morgan fingerprint density at radius 3 is 2.55 bits per heavy atom. The number of hydrogen-bond donors (Lipinski definition) is 0. The number of likely N-dealkylation sites (N-methyl/N-ethyl adjacent to an activating group) is 2. The first kappa shape index (κ1) is 7.56. The molecule has 2 aliphatic heterocycles. The van der Waals surface area contributed by atoms with Crippen molar-refractivity contribution in [1.29, 1.82) is 0 Å². The summed E-state index contributed by atoms with van der Waals surface area (Å²) in [5.74, 6) is 0.981. The van der Waals surface area contributed by atoms with E-state index in [1.165, 1.54) is 19.5 Å². The normalized spacial score (nSPS) is 43.1. The Balaban J connectivity index is 2.00. The van der Waals surface area contributed by atoms with Gasteiger partial charge in [-0.05, 0) is 33.0 Å². The van der Waals surface area contributed by atoms with Gasteiger partial charge in [-0.15, -0.1) is 0 Å². The van der Waals surface area contributed by atoms with E-state index in [-0.39, 0.29) is 0 Å². The zero-order chi connectivity index (χ0) is 8.01. The SMILES string of the molecule is CCN1C[C@H]2C[C@@H]1C2N(C)C. The fourth-order valence-electron chi connectivity index (χ4n) is 2.82. The predicted octanol–water partition coefficient (Wildman–Crippen LogP) is 0.641. The maximum Gasteiger partial charge on any atom is 0.0286 e. The lowest BCUT2D eigenvalue weighted by atomic mass is 9.79. The zero-order valence-electron chi connectivity index (χ0n) is 7.75. The highest BCUT2D eigenvalue weighted by molar-refractivity contribution is 5.08. The molecule has 3 atom stereocenters. The monoisotopic (exact) mass is 154 g/mol. The molecule has 2 saturated heterocycles. The molecule has 11 heavy (non-hydrogen) atoms. The van der Waals surface area contributed by atoms with Crippen LogP contribution >= 0.6 is 0 Å². The minimum absolute atomic E-state index is 0.870. The quantitative estimate of drug-likeness (QED) is 0.576. The Bertz CT molecular complexity index is 156. The molecule has 2 heteroatoms. The van der Waals surface area contributed by atoms with Crippen molar-refractivity contribution in [3.8, 4) is 0 Å². The minimum atomic E-state index is 0.870. The second-order valence-corrected chi connectivity index (χ2v) is 4.10. The van der Waals surface area contributed by atoms with Gasteiger partial charge in [0.2, 0.25) is 0 Å². The van der Waals surface area contributed by atoms with Crippen molar-refractivity contribution in [2.24, 2.45) is 5.92 Å². The third kappa shape index (κ3) is 0.926. The van der Waals surface area contributed by atoms with Crippen molar-refractivity contribution in [1.82, 2.24) is 9.80 Å². The van der Waals surface area contributed by atoms with E-state index < -0.39 is 0 Å². The Labute approximate surface area is 69.2 Å². The molecule has 1 unspecified atom stereocenters. The van der Waals surface area contributed by atoms with E-state index in [2.05, 4.69) is 30.8 Å². The fraction of sp³-hybridized carbons (Fsp3) is 1.00. The number of hydrogen-bond acceptors (Lipinski definition) is 2. The van der Waals surface area contributed by atoms with Crippen molar-refractivity contribution in [3.63, 3.8) is 0 Å². The average molecular weight is 154 g/mol. The van der Waals surface area contributed by atoms with Gasteiger partial charge in [-0.3, -0.25) is 4.90 Å². The first-order valence-electron chi connectivity index (χ1n) is 4.64. The van der Waals surface area contributed by atoms with Gasteiger partial charge in [0.25, 0.3) is 0 Å². The molecule has 2 heterocycles. The van der Waals surface area contributed by atoms with Crippen LogP contribution in [0.3, 0.4) is 0 Å². The Kier molecular flexibility index (Phi) is 1.69. The van der Waals surface area contributed by atoms with Gasteiger partial charge in [-0.2, -0.15) is 0 Å². The van der Waals surface area contributed by atoms with Gasteiger partial charge in [-0.25, -0.2) is 0 Å². The molecule has 0 aromatic carbocycles. The summed E-state index contributed by atoms with van der Waals surface area (Å²) in [5.41, 5.74) is 0. The highest BCUT2D eigenvalue weighted by atomic mass is 15.3. The summed E-state index contributed by atoms with van der Waals surface area (Å²) in [6.07, 6.45) is 1.46. The van der Waals surface area contributed by atoms with Crippen LogP contribution in [0.25, 0.3) is 0 Å². The van der Waals surface area contributed by atoms with Crippen molar-refractivity contribution >= 4 is 0 Å². The molecule has 3 fully saturated rings. The maximum atomic E-state index is 2.62. The molecule has 0 amide bonds. The van der Waals surface area contributed by atoms with Crippen LogP contribution in [-0.2, 0) is 0 Å². The number of fused-ring (bicyclic) bond motifs is 1. The van der Waals surface area contributed by atoms with E-state index in [0.29, 0.717) is 0 Å². The molecule has 0 spiro atoms. The third-order valence-electron chi connectivity index (χ3n) is 3.36. The van der Waals surface area contributed by atoms with Gasteiger partial charge >= 0.3 is 0 Å². The largest absolute Gasteiger partial charge is 0.305 e. The van der Waals surface area contributed by atoms with Crippen LogP contribution in [0.2, 0.25) is 0 Å². The highest BCUT2D eigenvalue weighted by Gasteiger charge is 2.51. The topological polar surface area (TPSA) is 6.48 Å². The second kappa shape index (κ2) is 2.46. The summed E-state index contributed by atoms with van der Waals surface area (Å²) < 4.78 is 0. The van der Waals surface area contributed by atoms with Gasteiger partial charge in [0.1, 0.15) is 0 Å². The lowest BCUT2D eigenvalue weighted by Gasteiger charge is -2.41. The van der Waals surface area contributed by atoms with E-state index in [9.17, 15) is 0 Å². The molecule has 0 radical (unpaired) electrons. The molecule has 1 saturated carbocycles. The van der Waals surface area contributed by atoms with Crippen molar-refractivity contribution in [2.75, 3.05) is 27.2 Å². The summed E-state index contributed by atoms with van der Waals surface area (Å²) in [6, 6.07) is 1.76. The first-order chi connectivity index (χ1) is 5.24. The van der Waals surface area contributed by atoms with E-state index in [4.69, 9.17) is 0 Å². The van der Waals surface area contributed by atoms with Crippen molar-refractivity contribution in [2.45, 2.75) is 25.4 Å². The van der Waals surface area contributed by atoms with Crippen LogP contribution in [0.1, 0.15) is 13.3 Å². The van der Waals surface area contributed by atoms with Crippen LogP contribution in [0.15, 0.2) is 0 Å². The molecule has 3 aliphatic rings. The van der Waals surface area contributed by atoms with Crippen LogP contribution in [0.5, 0.6) is 0 Å². The standard InChI is InChI=1S/C9H18N2/c1-4-11-6-7-5-8(11)9(7)10(2)3/h7-9H,4-6H2,1-3H3/t7-,8-,9?/m1/s1. The Hall–Kier alpha value is -0.0800. The molecule has 3 rings (SSSR count). The van der Waals surface area contributed by atoms with Crippen LogP contribution in [-0.4, -0.2) is 49.1 Å². The summed E-state index contributed by atoms with van der Waals surface area (Å²) >= 11 is 0. The lowest BCUT2D eigenvalue weighted by Crippen LogP contribution is -2.51. The lowest BCUT2D eigenvalue weighted by molar-refractivity contribution is 0.101. The summed E-state index contributed by atoms with van der Waals surface area (Å²) in [7, 11) is 4.42. The van der Waals surface area contributed by atoms with E-state index in [1.807, 2.05) is 0 Å². The van der Waals surface area contributed by atoms with E-state index in [0.717, 1.165) is 18.0 Å². The van der Waals surface area contributed by atoms with Gasteiger partial charge in [0.15, 0.2) is 0 Å². The predicted molar refractivity (Wildman–Crippen MR) is 46.6 cm³/mol. The van der Waals surface area contributed by atoms with Gasteiger partial charge < -0.3 is 4.90 Å². The molecular formula is C9H18N2. The highest BCUT2D eigenvalue weighted by Crippen LogP contribution is 2.42. The van der Waals surface area contributed by atoms with Crippen molar-refractivity contribution < 1.29 is 0 Å². The minimum Gasteiger partial charge on any atom is -0.305 e. The van der Waals surface area contributed by atoms with Gasteiger partial charge in [-0.1, -0.05) is 6.92 Å². The third-order valence-corrected chi connectivity index (χ3v) is 3.36. The number of rotatable bonds is 2. The molecule has 64 valence electrons. The molecule has 0 aromatic heterocycles. The molecule has 2 nitrogen and oxygen atoms in total. The van der Waals surface area contributed by atoms with Gasteiger partial charge in [0, 0.05) is 18.6 Å². The van der Waals surface area contributed by atoms with E-state index >= 15 is 0 Å². The van der Waals surface area contributed by atoms with Crippen molar-refractivity contribution in [3.05, 3.63) is 0 Å². The summed E-state index contributed by atoms with van der Waals surface area (Å²) in [4.78, 5) is 5.02. The molecule has 0 N–H and O–H groups in total. The van der Waals surface area contributed by atoms with Crippen LogP contribution in [0, 0.1) is 5.92 Å². The van der Waals surface area contributed by atoms with Crippen LogP contribution < -0.4 is 0 Å². The summed E-state index contributed by atoms with van der Waals surface area (Å²) in [5, 5.41) is 0. The molecular weight excluding hydrogens is 136 g/mol. The molecule has 0 aromatic rings. The number of nitrogens with zero attached hydrogens (tertiary/aromatic N) is 2. The Morgan fingerprint density at radius 2 is 2.18 bits per heavy atom. The molecule has 2 bridgehead atoms. The smallest absolute Gasteiger partial charge is 0.0286 e. The first-order valence-corrected chi connectivity index (χ1v) is 4.64. The summed E-state index contributed by atoms with van der Waals surface area (Å²) in [6.45, 7) is 4.86. The zero-order valence-corrected chi connectivity index (χ0v) is 7.75. The fourth-order valence-corrected chi connectivity index (χ4v) is 2.82. The second-order valence-electron chi connectivity index (χ2n) is 4.10. The van der Waals surface area contributed by atoms with Crippen LogP contribution in [0.4, 0.5) is 0 Å². The maximum absolute atomic E-state index is 2.62.